The Morgan fingerprint density at radius 2 is 2.29 bits per heavy atom. The molecule has 6 nitrogen and oxygen atoms in total. The smallest absolute Gasteiger partial charge is 0.192 e. The molecule has 0 amide bonds. The van der Waals surface area contributed by atoms with E-state index in [1.165, 1.54) is 25.9 Å². The molecule has 2 aliphatic heterocycles. The molecule has 0 aromatic carbocycles. The van der Waals surface area contributed by atoms with Gasteiger partial charge in [0, 0.05) is 18.7 Å². The molecule has 0 saturated carbocycles. The van der Waals surface area contributed by atoms with Gasteiger partial charge in [-0.1, -0.05) is 0 Å². The molecular formula is C14H19N5OS. The van der Waals surface area contributed by atoms with E-state index in [-0.39, 0.29) is 0 Å². The molecule has 4 heterocycles. The first-order valence-electron chi connectivity index (χ1n) is 7.56. The van der Waals surface area contributed by atoms with Gasteiger partial charge in [0.1, 0.15) is 10.8 Å². The highest BCUT2D eigenvalue weighted by Gasteiger charge is 2.22. The Hall–Kier alpha value is -1.31. The van der Waals surface area contributed by atoms with Crippen LogP contribution in [0.3, 0.4) is 0 Å². The van der Waals surface area contributed by atoms with Crippen molar-refractivity contribution in [3.63, 3.8) is 0 Å². The summed E-state index contributed by atoms with van der Waals surface area (Å²) in [5, 5.41) is 8.55. The molecular weight excluding hydrogens is 286 g/mol. The van der Waals surface area contributed by atoms with Crippen LogP contribution in [0.2, 0.25) is 0 Å². The van der Waals surface area contributed by atoms with Gasteiger partial charge in [-0.2, -0.15) is 5.10 Å². The van der Waals surface area contributed by atoms with Crippen LogP contribution in [-0.2, 0) is 11.3 Å². The number of thiazole rings is 1. The number of nitrogens with zero attached hydrogens (tertiary/aromatic N) is 4. The van der Waals surface area contributed by atoms with E-state index in [0.717, 1.165) is 47.7 Å². The van der Waals surface area contributed by atoms with Gasteiger partial charge in [-0.3, -0.25) is 10.00 Å². The highest BCUT2D eigenvalue weighted by molar-refractivity contribution is 7.15. The van der Waals surface area contributed by atoms with E-state index in [0.29, 0.717) is 5.92 Å². The van der Waals surface area contributed by atoms with E-state index in [9.17, 15) is 0 Å². The van der Waals surface area contributed by atoms with Gasteiger partial charge in [0.05, 0.1) is 18.0 Å². The monoisotopic (exact) mass is 305 g/mol. The quantitative estimate of drug-likeness (QED) is 0.936. The van der Waals surface area contributed by atoms with Crippen LogP contribution in [0.1, 0.15) is 36.0 Å². The fraction of sp³-hybridized carbons (Fsp3) is 0.643. The number of aromatic nitrogens is 4. The third-order valence-corrected chi connectivity index (χ3v) is 5.13. The van der Waals surface area contributed by atoms with Crippen molar-refractivity contribution in [1.29, 1.82) is 0 Å². The number of H-pyrrole nitrogens is 1. The van der Waals surface area contributed by atoms with Crippen LogP contribution in [0.4, 0.5) is 0 Å². The number of hydrogen-bond donors (Lipinski definition) is 1. The van der Waals surface area contributed by atoms with Crippen molar-refractivity contribution in [2.75, 3.05) is 26.3 Å². The number of rotatable bonds is 4. The summed E-state index contributed by atoms with van der Waals surface area (Å²) in [6, 6.07) is 0. The predicted molar refractivity (Wildman–Crippen MR) is 80.2 cm³/mol. The molecule has 0 radical (unpaired) electrons. The van der Waals surface area contributed by atoms with Crippen LogP contribution >= 0.6 is 11.3 Å². The number of nitrogens with one attached hydrogen (secondary N) is 1. The molecule has 4 rings (SSSR count). The Morgan fingerprint density at radius 3 is 3.10 bits per heavy atom. The zero-order valence-corrected chi connectivity index (χ0v) is 12.7. The van der Waals surface area contributed by atoms with Crippen molar-refractivity contribution in [2.45, 2.75) is 31.7 Å². The van der Waals surface area contributed by atoms with Crippen LogP contribution in [0.25, 0.3) is 10.7 Å². The normalized spacial score (nSPS) is 23.1. The third-order valence-electron chi connectivity index (χ3n) is 4.15. The summed E-state index contributed by atoms with van der Waals surface area (Å²) in [6.07, 6.45) is 5.55. The van der Waals surface area contributed by atoms with Gasteiger partial charge in [-0.25, -0.2) is 9.97 Å². The molecule has 112 valence electrons. The van der Waals surface area contributed by atoms with E-state index in [1.54, 1.807) is 11.3 Å². The van der Waals surface area contributed by atoms with Crippen LogP contribution in [0.5, 0.6) is 0 Å². The molecule has 1 N–H and O–H groups in total. The van der Waals surface area contributed by atoms with E-state index in [1.807, 2.05) is 6.20 Å². The molecule has 2 fully saturated rings. The SMILES string of the molecule is c1nc(CN2CCCC2)sc1-c1n[nH]c([C@@H]2CCOC2)n1. The number of hydrogen-bond acceptors (Lipinski definition) is 6. The van der Waals surface area contributed by atoms with E-state index in [4.69, 9.17) is 4.74 Å². The summed E-state index contributed by atoms with van der Waals surface area (Å²) < 4.78 is 5.40. The molecule has 0 bridgehead atoms. The Labute approximate surface area is 127 Å². The molecule has 0 spiro atoms. The van der Waals surface area contributed by atoms with Gasteiger partial charge in [-0.05, 0) is 32.4 Å². The first-order valence-corrected chi connectivity index (χ1v) is 8.37. The van der Waals surface area contributed by atoms with Crippen LogP contribution in [-0.4, -0.2) is 51.4 Å². The van der Waals surface area contributed by atoms with Gasteiger partial charge < -0.3 is 4.74 Å². The minimum absolute atomic E-state index is 0.364. The van der Waals surface area contributed by atoms with E-state index < -0.39 is 0 Å². The molecule has 1 atom stereocenters. The Morgan fingerprint density at radius 1 is 1.38 bits per heavy atom. The summed E-state index contributed by atoms with van der Waals surface area (Å²) in [5.41, 5.74) is 0. The van der Waals surface area contributed by atoms with Gasteiger partial charge in [-0.15, -0.1) is 11.3 Å². The summed E-state index contributed by atoms with van der Waals surface area (Å²) >= 11 is 1.70. The van der Waals surface area contributed by atoms with Crippen molar-refractivity contribution < 1.29 is 4.74 Å². The standard InChI is InChI=1S/C14H19N5OS/c1-2-5-19(4-1)8-12-15-7-11(21-12)14-16-13(17-18-14)10-3-6-20-9-10/h7,10H,1-6,8-9H2,(H,16,17,18)/t10-/m1/s1. The first kappa shape index (κ1) is 13.4. The summed E-state index contributed by atoms with van der Waals surface area (Å²) in [7, 11) is 0. The maximum Gasteiger partial charge on any atom is 0.192 e. The van der Waals surface area contributed by atoms with Crippen molar-refractivity contribution in [3.8, 4) is 10.7 Å². The molecule has 2 aromatic heterocycles. The second-order valence-electron chi connectivity index (χ2n) is 5.71. The van der Waals surface area contributed by atoms with Crippen molar-refractivity contribution >= 4 is 11.3 Å². The fourth-order valence-electron chi connectivity index (χ4n) is 2.94. The minimum Gasteiger partial charge on any atom is -0.381 e. The van der Waals surface area contributed by atoms with Crippen molar-refractivity contribution in [1.82, 2.24) is 25.1 Å². The van der Waals surface area contributed by atoms with Gasteiger partial charge in [0.25, 0.3) is 0 Å². The Bertz CT molecular complexity index is 598. The predicted octanol–water partition coefficient (Wildman–Crippen LogP) is 2.03. The zero-order chi connectivity index (χ0) is 14.1. The van der Waals surface area contributed by atoms with Crippen LogP contribution < -0.4 is 0 Å². The van der Waals surface area contributed by atoms with E-state index >= 15 is 0 Å². The van der Waals surface area contributed by atoms with Gasteiger partial charge in [0.15, 0.2) is 5.82 Å². The average Bonchev–Trinajstić information content (AvgIpc) is 3.28. The largest absolute Gasteiger partial charge is 0.381 e. The molecule has 21 heavy (non-hydrogen) atoms. The highest BCUT2D eigenvalue weighted by atomic mass is 32.1. The minimum atomic E-state index is 0.364. The lowest BCUT2D eigenvalue weighted by molar-refractivity contribution is 0.193. The summed E-state index contributed by atoms with van der Waals surface area (Å²) in [5.74, 6) is 2.07. The first-order chi connectivity index (χ1) is 10.4. The van der Waals surface area contributed by atoms with E-state index in [2.05, 4.69) is 25.1 Å². The second kappa shape index (κ2) is 5.82. The molecule has 0 aliphatic carbocycles. The molecule has 2 saturated heterocycles. The molecule has 2 aliphatic rings. The molecule has 0 unspecified atom stereocenters. The lowest BCUT2D eigenvalue weighted by Gasteiger charge is -2.11. The van der Waals surface area contributed by atoms with Crippen molar-refractivity contribution in [3.05, 3.63) is 17.0 Å². The lowest BCUT2D eigenvalue weighted by atomic mass is 10.1. The maximum absolute atomic E-state index is 5.40. The van der Waals surface area contributed by atoms with Gasteiger partial charge in [0.2, 0.25) is 0 Å². The molecule has 7 heteroatoms. The second-order valence-corrected chi connectivity index (χ2v) is 6.82. The zero-order valence-electron chi connectivity index (χ0n) is 11.9. The molecule has 2 aromatic rings. The fourth-order valence-corrected chi connectivity index (χ4v) is 3.83. The average molecular weight is 305 g/mol. The van der Waals surface area contributed by atoms with Gasteiger partial charge >= 0.3 is 0 Å². The van der Waals surface area contributed by atoms with Crippen molar-refractivity contribution in [2.24, 2.45) is 0 Å². The van der Waals surface area contributed by atoms with Crippen LogP contribution in [0, 0.1) is 0 Å². The number of aromatic amines is 1. The Balaban J connectivity index is 1.47. The number of ether oxygens (including phenoxy) is 1. The Kier molecular flexibility index (Phi) is 3.71. The highest BCUT2D eigenvalue weighted by Crippen LogP contribution is 2.27. The third kappa shape index (κ3) is 2.86. The summed E-state index contributed by atoms with van der Waals surface area (Å²) in [6.45, 7) is 4.92. The number of likely N-dealkylation sites (tertiary alicyclic amines) is 1. The topological polar surface area (TPSA) is 66.9 Å². The van der Waals surface area contributed by atoms with Crippen LogP contribution in [0.15, 0.2) is 6.20 Å². The summed E-state index contributed by atoms with van der Waals surface area (Å²) in [4.78, 5) is 12.6. The maximum atomic E-state index is 5.40. The lowest BCUT2D eigenvalue weighted by Crippen LogP contribution is -2.17.